The number of hydrogen-bond donors (Lipinski definition) is 2. The van der Waals surface area contributed by atoms with Crippen molar-refractivity contribution in [2.75, 3.05) is 13.6 Å². The Morgan fingerprint density at radius 1 is 1.21 bits per heavy atom. The highest BCUT2D eigenvalue weighted by Gasteiger charge is 2.28. The molecule has 134 valence electrons. The Morgan fingerprint density at radius 3 is 2.12 bits per heavy atom. The minimum atomic E-state index is -3.60. The lowest BCUT2D eigenvalue weighted by Crippen LogP contribution is -2.38. The van der Waals surface area contributed by atoms with Crippen LogP contribution in [-0.4, -0.2) is 49.3 Å². The molecular formula is C16H24N2O5S. The Labute approximate surface area is 142 Å². The van der Waals surface area contributed by atoms with Crippen LogP contribution in [0.2, 0.25) is 0 Å². The summed E-state index contributed by atoms with van der Waals surface area (Å²) in [5.74, 6) is -1.47. The van der Waals surface area contributed by atoms with Crippen molar-refractivity contribution in [3.63, 3.8) is 0 Å². The number of aliphatic carboxylic acids is 1. The van der Waals surface area contributed by atoms with Crippen LogP contribution in [0.4, 0.5) is 0 Å². The first kappa shape index (κ1) is 20.1. The van der Waals surface area contributed by atoms with Gasteiger partial charge in [-0.3, -0.25) is 9.59 Å². The number of nitrogens with one attached hydrogen (secondary N) is 1. The maximum absolute atomic E-state index is 12.3. The van der Waals surface area contributed by atoms with E-state index in [1.807, 2.05) is 0 Å². The number of nitrogens with zero attached hydrogens (tertiary/aromatic N) is 1. The van der Waals surface area contributed by atoms with E-state index in [2.05, 4.69) is 5.32 Å². The summed E-state index contributed by atoms with van der Waals surface area (Å²) in [5.41, 5.74) is -0.818. The molecule has 0 unspecified atom stereocenters. The maximum Gasteiger partial charge on any atom is 0.310 e. The average Bonchev–Trinajstić information content (AvgIpc) is 2.51. The van der Waals surface area contributed by atoms with Gasteiger partial charge in [-0.05, 0) is 52.0 Å². The first-order valence-electron chi connectivity index (χ1n) is 7.49. The quantitative estimate of drug-likeness (QED) is 0.771. The molecule has 0 aliphatic carbocycles. The van der Waals surface area contributed by atoms with E-state index in [0.717, 1.165) is 0 Å². The number of benzene rings is 1. The fraction of sp³-hybridized carbons (Fsp3) is 0.500. The van der Waals surface area contributed by atoms with Gasteiger partial charge in [-0.1, -0.05) is 0 Å². The Kier molecular flexibility index (Phi) is 6.13. The Bertz CT molecular complexity index is 708. The number of amides is 1. The largest absolute Gasteiger partial charge is 0.481 e. The lowest BCUT2D eigenvalue weighted by Gasteiger charge is -2.21. The molecule has 8 heteroatoms. The predicted octanol–water partition coefficient (Wildman–Crippen LogP) is 1.56. The summed E-state index contributed by atoms with van der Waals surface area (Å²) in [6, 6.07) is 5.36. The second-order valence-corrected chi connectivity index (χ2v) is 8.51. The molecular weight excluding hydrogens is 332 g/mol. The Morgan fingerprint density at radius 2 is 1.71 bits per heavy atom. The monoisotopic (exact) mass is 356 g/mol. The minimum Gasteiger partial charge on any atom is -0.481 e. The smallest absolute Gasteiger partial charge is 0.310 e. The Balaban J connectivity index is 2.88. The van der Waals surface area contributed by atoms with Gasteiger partial charge in [-0.25, -0.2) is 8.42 Å². The van der Waals surface area contributed by atoms with Crippen LogP contribution in [0.1, 0.15) is 38.1 Å². The number of hydrogen-bond acceptors (Lipinski definition) is 4. The van der Waals surface area contributed by atoms with Crippen molar-refractivity contribution < 1.29 is 23.1 Å². The van der Waals surface area contributed by atoms with E-state index in [-0.39, 0.29) is 23.0 Å². The van der Waals surface area contributed by atoms with Gasteiger partial charge in [0.2, 0.25) is 10.0 Å². The van der Waals surface area contributed by atoms with Crippen molar-refractivity contribution in [3.8, 4) is 0 Å². The summed E-state index contributed by atoms with van der Waals surface area (Å²) in [6.07, 6.45) is 0. The van der Waals surface area contributed by atoms with Gasteiger partial charge in [0, 0.05) is 25.2 Å². The number of sulfonamides is 1. The van der Waals surface area contributed by atoms with E-state index >= 15 is 0 Å². The fourth-order valence-electron chi connectivity index (χ4n) is 1.70. The van der Waals surface area contributed by atoms with Gasteiger partial charge in [0.25, 0.3) is 5.91 Å². The maximum atomic E-state index is 12.3. The van der Waals surface area contributed by atoms with E-state index in [9.17, 15) is 18.0 Å². The third-order valence-electron chi connectivity index (χ3n) is 3.79. The van der Waals surface area contributed by atoms with Crippen molar-refractivity contribution >= 4 is 21.9 Å². The normalized spacial score (nSPS) is 12.5. The fourth-order valence-corrected chi connectivity index (χ4v) is 3.07. The molecule has 0 spiro atoms. The zero-order valence-electron chi connectivity index (χ0n) is 14.5. The van der Waals surface area contributed by atoms with Crippen LogP contribution >= 0.6 is 0 Å². The summed E-state index contributed by atoms with van der Waals surface area (Å²) >= 11 is 0. The summed E-state index contributed by atoms with van der Waals surface area (Å²) in [4.78, 5) is 23.2. The first-order chi connectivity index (χ1) is 10.9. The molecule has 2 N–H and O–H groups in total. The van der Waals surface area contributed by atoms with Crippen LogP contribution in [0.15, 0.2) is 29.2 Å². The number of carboxylic acid groups (broad SMARTS) is 1. The zero-order valence-corrected chi connectivity index (χ0v) is 15.3. The highest BCUT2D eigenvalue weighted by molar-refractivity contribution is 7.89. The van der Waals surface area contributed by atoms with E-state index in [1.54, 1.807) is 13.8 Å². The minimum absolute atomic E-state index is 0.0305. The van der Waals surface area contributed by atoms with Crippen molar-refractivity contribution in [3.05, 3.63) is 29.8 Å². The predicted molar refractivity (Wildman–Crippen MR) is 90.3 cm³/mol. The second kappa shape index (κ2) is 7.31. The molecule has 0 saturated carbocycles. The molecule has 0 aliphatic heterocycles. The number of carbonyl (C=O) groups excluding carboxylic acids is 1. The van der Waals surface area contributed by atoms with E-state index in [4.69, 9.17) is 5.11 Å². The van der Waals surface area contributed by atoms with Gasteiger partial charge in [-0.15, -0.1) is 0 Å². The van der Waals surface area contributed by atoms with E-state index in [0.29, 0.717) is 0 Å². The van der Waals surface area contributed by atoms with Gasteiger partial charge in [0.1, 0.15) is 0 Å². The van der Waals surface area contributed by atoms with Crippen molar-refractivity contribution in [2.24, 2.45) is 5.41 Å². The zero-order chi connectivity index (χ0) is 18.7. The Hall–Kier alpha value is -1.93. The molecule has 0 bridgehead atoms. The van der Waals surface area contributed by atoms with Crippen molar-refractivity contribution in [2.45, 2.75) is 38.6 Å². The summed E-state index contributed by atoms with van der Waals surface area (Å²) in [7, 11) is -2.11. The number of carboxylic acids is 1. The molecule has 1 aromatic rings. The molecule has 1 rings (SSSR count). The van der Waals surface area contributed by atoms with Crippen LogP contribution in [-0.2, 0) is 14.8 Å². The van der Waals surface area contributed by atoms with Crippen LogP contribution in [0.25, 0.3) is 0 Å². The van der Waals surface area contributed by atoms with Gasteiger partial charge >= 0.3 is 5.97 Å². The molecule has 0 radical (unpaired) electrons. The van der Waals surface area contributed by atoms with Gasteiger partial charge in [-0.2, -0.15) is 4.31 Å². The molecule has 24 heavy (non-hydrogen) atoms. The first-order valence-corrected chi connectivity index (χ1v) is 8.93. The summed E-state index contributed by atoms with van der Waals surface area (Å²) in [6.45, 7) is 6.52. The second-order valence-electron chi connectivity index (χ2n) is 6.51. The van der Waals surface area contributed by atoms with Gasteiger partial charge in [0.05, 0.1) is 10.3 Å². The summed E-state index contributed by atoms with van der Waals surface area (Å²) in [5, 5.41) is 11.6. The van der Waals surface area contributed by atoms with Crippen LogP contribution in [0, 0.1) is 5.41 Å². The molecule has 0 aromatic heterocycles. The van der Waals surface area contributed by atoms with E-state index in [1.165, 1.54) is 49.5 Å². The topological polar surface area (TPSA) is 104 Å². The molecule has 1 aromatic carbocycles. The van der Waals surface area contributed by atoms with Crippen LogP contribution in [0.3, 0.4) is 0 Å². The van der Waals surface area contributed by atoms with Crippen molar-refractivity contribution in [1.82, 2.24) is 9.62 Å². The molecule has 0 heterocycles. The average molecular weight is 356 g/mol. The summed E-state index contributed by atoms with van der Waals surface area (Å²) < 4.78 is 25.9. The molecule has 0 aliphatic rings. The molecule has 0 fully saturated rings. The van der Waals surface area contributed by atoms with Crippen LogP contribution < -0.4 is 5.32 Å². The number of rotatable bonds is 7. The molecule has 0 atom stereocenters. The van der Waals surface area contributed by atoms with Crippen molar-refractivity contribution in [1.29, 1.82) is 0 Å². The lowest BCUT2D eigenvalue weighted by atomic mass is 9.94. The molecule has 1 amide bonds. The van der Waals surface area contributed by atoms with Gasteiger partial charge in [0.15, 0.2) is 0 Å². The highest BCUT2D eigenvalue weighted by atomic mass is 32.2. The molecule has 0 saturated heterocycles. The van der Waals surface area contributed by atoms with Crippen LogP contribution in [0.5, 0.6) is 0 Å². The SMILES string of the molecule is CC(C)N(C)S(=O)(=O)c1ccc(C(=O)NCC(C)(C)C(=O)O)cc1. The molecule has 7 nitrogen and oxygen atoms in total. The third kappa shape index (κ3) is 4.55. The third-order valence-corrected chi connectivity index (χ3v) is 5.84. The van der Waals surface area contributed by atoms with Gasteiger partial charge < -0.3 is 10.4 Å². The standard InChI is InChI=1S/C16H24N2O5S/c1-11(2)18(5)24(22,23)13-8-6-12(7-9-13)14(19)17-10-16(3,4)15(20)21/h6-9,11H,10H2,1-5H3,(H,17,19)(H,20,21). The lowest BCUT2D eigenvalue weighted by molar-refractivity contribution is -0.146. The number of carbonyl (C=O) groups is 2. The highest BCUT2D eigenvalue weighted by Crippen LogP contribution is 2.18. The van der Waals surface area contributed by atoms with E-state index < -0.39 is 27.3 Å².